The highest BCUT2D eigenvalue weighted by Crippen LogP contribution is 2.42. The smallest absolute Gasteiger partial charge is 0.134 e. The Morgan fingerprint density at radius 2 is 0.958 bits per heavy atom. The Balaban J connectivity index is 2.81. The lowest BCUT2D eigenvalue weighted by molar-refractivity contribution is 1.33. The Kier molecular flexibility index (Phi) is 3.33. The quantitative estimate of drug-likeness (QED) is 0.537. The molecule has 3 aromatic rings. The van der Waals surface area contributed by atoms with E-state index in [2.05, 4.69) is 23.1 Å². The van der Waals surface area contributed by atoms with Gasteiger partial charge in [-0.15, -0.1) is 0 Å². The molecule has 122 valence electrons. The van der Waals surface area contributed by atoms with Crippen LogP contribution in [0.3, 0.4) is 0 Å². The average Bonchev–Trinajstić information content (AvgIpc) is 2.51. The third-order valence-corrected chi connectivity index (χ3v) is 4.49. The van der Waals surface area contributed by atoms with Crippen LogP contribution in [0.15, 0.2) is 13.2 Å². The molecule has 3 rings (SSSR count). The molecular weight excluding hydrogens is 300 g/mol. The zero-order chi connectivity index (χ0) is 17.8. The van der Waals surface area contributed by atoms with Crippen molar-refractivity contribution in [2.45, 2.75) is 13.8 Å². The maximum atomic E-state index is 6.16. The molecule has 0 aliphatic carbocycles. The van der Waals surface area contributed by atoms with Gasteiger partial charge in [-0.05, 0) is 25.0 Å². The summed E-state index contributed by atoms with van der Waals surface area (Å²) in [7, 11) is 0. The summed E-state index contributed by atoms with van der Waals surface area (Å²) in [5.41, 5.74) is 27.7. The number of aryl methyl sites for hydroxylation is 2. The van der Waals surface area contributed by atoms with Crippen LogP contribution in [0.5, 0.6) is 0 Å². The number of benzene rings is 1. The fraction of sp³-hybridized carbons (Fsp3) is 0.111. The molecule has 0 aliphatic rings. The van der Waals surface area contributed by atoms with Crippen molar-refractivity contribution in [3.05, 3.63) is 35.4 Å². The Morgan fingerprint density at radius 3 is 1.29 bits per heavy atom. The van der Waals surface area contributed by atoms with Gasteiger partial charge in [0.1, 0.15) is 23.3 Å². The third kappa shape index (κ3) is 1.83. The van der Waals surface area contributed by atoms with E-state index in [1.54, 1.807) is 12.2 Å². The van der Waals surface area contributed by atoms with Crippen LogP contribution in [0, 0.1) is 13.8 Å². The molecule has 8 N–H and O–H groups in total. The molecule has 24 heavy (non-hydrogen) atoms. The zero-order valence-electron chi connectivity index (χ0n) is 13.8. The fourth-order valence-corrected chi connectivity index (χ4v) is 3.47. The Hall–Kier alpha value is -3.28. The first-order valence-electron chi connectivity index (χ1n) is 7.44. The van der Waals surface area contributed by atoms with E-state index in [1.807, 2.05) is 13.8 Å². The number of hydrogen-bond donors (Lipinski definition) is 4. The molecule has 0 fully saturated rings. The first-order chi connectivity index (χ1) is 11.3. The lowest BCUT2D eigenvalue weighted by Crippen LogP contribution is -2.07. The van der Waals surface area contributed by atoms with Crippen LogP contribution in [-0.4, -0.2) is 9.97 Å². The van der Waals surface area contributed by atoms with E-state index in [9.17, 15) is 0 Å². The number of anilines is 4. The molecular formula is C18H20N6. The van der Waals surface area contributed by atoms with Crippen molar-refractivity contribution in [1.82, 2.24) is 9.97 Å². The van der Waals surface area contributed by atoms with Gasteiger partial charge in [-0.25, -0.2) is 9.97 Å². The first-order valence-corrected chi connectivity index (χ1v) is 7.44. The Bertz CT molecular complexity index is 968. The molecule has 2 heterocycles. The summed E-state index contributed by atoms with van der Waals surface area (Å²) in [5.74, 6) is 1.39. The summed E-state index contributed by atoms with van der Waals surface area (Å²) in [5, 5.41) is 3.40. The second-order valence-corrected chi connectivity index (χ2v) is 5.75. The summed E-state index contributed by atoms with van der Waals surface area (Å²) < 4.78 is 0. The predicted octanol–water partition coefficient (Wildman–Crippen LogP) is 3.01. The van der Waals surface area contributed by atoms with Crippen molar-refractivity contribution in [1.29, 1.82) is 0 Å². The highest BCUT2D eigenvalue weighted by molar-refractivity contribution is 6.17. The van der Waals surface area contributed by atoms with Gasteiger partial charge >= 0.3 is 0 Å². The highest BCUT2D eigenvalue weighted by Gasteiger charge is 2.21. The van der Waals surface area contributed by atoms with Crippen LogP contribution in [0.1, 0.15) is 22.3 Å². The van der Waals surface area contributed by atoms with E-state index in [0.29, 0.717) is 23.3 Å². The fourth-order valence-electron chi connectivity index (χ4n) is 3.47. The lowest BCUT2D eigenvalue weighted by Gasteiger charge is -2.19. The van der Waals surface area contributed by atoms with Gasteiger partial charge in [0.25, 0.3) is 0 Å². The van der Waals surface area contributed by atoms with Crippen LogP contribution in [0.4, 0.5) is 23.3 Å². The van der Waals surface area contributed by atoms with Crippen LogP contribution in [0.25, 0.3) is 33.7 Å². The molecule has 6 nitrogen and oxygen atoms in total. The molecule has 0 aliphatic heterocycles. The molecule has 0 atom stereocenters. The second-order valence-electron chi connectivity index (χ2n) is 5.75. The van der Waals surface area contributed by atoms with Gasteiger partial charge in [-0.3, -0.25) is 0 Å². The molecule has 0 saturated carbocycles. The largest absolute Gasteiger partial charge is 0.383 e. The zero-order valence-corrected chi connectivity index (χ0v) is 13.8. The van der Waals surface area contributed by atoms with Crippen molar-refractivity contribution < 1.29 is 0 Å². The summed E-state index contributed by atoms with van der Waals surface area (Å²) in [6, 6.07) is 0. The number of aromatic nitrogens is 2. The van der Waals surface area contributed by atoms with Crippen LogP contribution >= 0.6 is 0 Å². The van der Waals surface area contributed by atoms with E-state index in [1.165, 1.54) is 0 Å². The molecule has 0 bridgehead atoms. The van der Waals surface area contributed by atoms with Crippen LogP contribution < -0.4 is 22.9 Å². The summed E-state index contributed by atoms with van der Waals surface area (Å²) >= 11 is 0. The number of nitrogen functional groups attached to an aromatic ring is 4. The Morgan fingerprint density at radius 1 is 0.625 bits per heavy atom. The van der Waals surface area contributed by atoms with E-state index in [0.717, 1.165) is 43.8 Å². The number of nitrogens with two attached hydrogens (primary N) is 4. The van der Waals surface area contributed by atoms with Gasteiger partial charge in [0.2, 0.25) is 0 Å². The first kappa shape index (κ1) is 15.6. The maximum Gasteiger partial charge on any atom is 0.134 e. The molecule has 0 unspecified atom stereocenters. The monoisotopic (exact) mass is 320 g/mol. The van der Waals surface area contributed by atoms with Gasteiger partial charge < -0.3 is 22.9 Å². The molecule has 0 spiro atoms. The number of fused-ring (bicyclic) bond motifs is 2. The third-order valence-electron chi connectivity index (χ3n) is 4.49. The number of nitrogens with zero attached hydrogens (tertiary/aromatic N) is 2. The minimum Gasteiger partial charge on any atom is -0.383 e. The Labute approximate surface area is 139 Å². The van der Waals surface area contributed by atoms with Crippen molar-refractivity contribution in [2.75, 3.05) is 22.9 Å². The SMILES string of the molecule is C=Cc1c(N)nc(N)c2c(C)c3c(N)nc(N)c(C=C)c3c(C)c12. The second kappa shape index (κ2) is 5.13. The van der Waals surface area contributed by atoms with Gasteiger partial charge in [-0.1, -0.05) is 25.3 Å². The van der Waals surface area contributed by atoms with Crippen LogP contribution in [-0.2, 0) is 0 Å². The molecule has 6 heteroatoms. The van der Waals surface area contributed by atoms with Gasteiger partial charge in [0, 0.05) is 32.7 Å². The summed E-state index contributed by atoms with van der Waals surface area (Å²) in [6.07, 6.45) is 3.37. The molecule has 0 amide bonds. The van der Waals surface area contributed by atoms with E-state index >= 15 is 0 Å². The number of pyridine rings is 2. The predicted molar refractivity (Wildman–Crippen MR) is 104 cm³/mol. The van der Waals surface area contributed by atoms with Crippen molar-refractivity contribution in [2.24, 2.45) is 0 Å². The van der Waals surface area contributed by atoms with Gasteiger partial charge in [0.15, 0.2) is 0 Å². The molecule has 0 saturated heterocycles. The number of rotatable bonds is 2. The van der Waals surface area contributed by atoms with Crippen molar-refractivity contribution in [3.8, 4) is 0 Å². The maximum absolute atomic E-state index is 6.16. The van der Waals surface area contributed by atoms with Gasteiger partial charge in [0.05, 0.1) is 0 Å². The van der Waals surface area contributed by atoms with E-state index < -0.39 is 0 Å². The standard InChI is InChI=1S/C18H20N6/c1-5-9-11-7(3)12-10(6-2)16(20)24-18(22)14(12)8(4)13(11)17(21)23-15(9)19/h5-6H,1-2H2,3-4H3,(H4,19,21,23)(H4,20,22,24). The minimum atomic E-state index is 0.340. The highest BCUT2D eigenvalue weighted by atomic mass is 14.9. The van der Waals surface area contributed by atoms with Gasteiger partial charge in [-0.2, -0.15) is 0 Å². The molecule has 1 aromatic carbocycles. The topological polar surface area (TPSA) is 130 Å². The molecule has 0 radical (unpaired) electrons. The van der Waals surface area contributed by atoms with Crippen molar-refractivity contribution >= 4 is 57.0 Å². The number of hydrogen-bond acceptors (Lipinski definition) is 6. The summed E-state index contributed by atoms with van der Waals surface area (Å²) in [4.78, 5) is 8.50. The summed E-state index contributed by atoms with van der Waals surface area (Å²) in [6.45, 7) is 11.6. The normalized spacial score (nSPS) is 11.1. The average molecular weight is 320 g/mol. The van der Waals surface area contributed by atoms with Crippen LogP contribution in [0.2, 0.25) is 0 Å². The van der Waals surface area contributed by atoms with E-state index in [-0.39, 0.29) is 0 Å². The minimum absolute atomic E-state index is 0.340. The van der Waals surface area contributed by atoms with E-state index in [4.69, 9.17) is 22.9 Å². The molecule has 2 aromatic heterocycles. The lowest BCUT2D eigenvalue weighted by atomic mass is 9.89. The van der Waals surface area contributed by atoms with Crippen molar-refractivity contribution in [3.63, 3.8) is 0 Å².